The van der Waals surface area contributed by atoms with Crippen molar-refractivity contribution in [3.8, 4) is 0 Å². The topological polar surface area (TPSA) is 83.9 Å². The molecule has 0 atom stereocenters. The smallest absolute Gasteiger partial charge is 0.336 e. The van der Waals surface area contributed by atoms with Crippen LogP contribution in [-0.4, -0.2) is 48.6 Å². The number of carbonyl (C=O) groups is 3. The number of hydrogen-bond donors (Lipinski definition) is 1. The number of carbonyl (C=O) groups excluding carboxylic acids is 2. The Hall–Kier alpha value is -2.37. The maximum Gasteiger partial charge on any atom is 0.336 e. The molecule has 0 saturated heterocycles. The Kier molecular flexibility index (Phi) is 4.42. The van der Waals surface area contributed by atoms with Crippen molar-refractivity contribution in [2.24, 2.45) is 0 Å². The molecule has 1 rings (SSSR count). The van der Waals surface area contributed by atoms with Gasteiger partial charge in [0.05, 0.1) is 18.2 Å². The fraction of sp³-hybridized carbons (Fsp3) is 0.250. The van der Waals surface area contributed by atoms with E-state index in [1.54, 1.807) is 6.07 Å². The third-order valence-electron chi connectivity index (χ3n) is 2.33. The second-order valence-electron chi connectivity index (χ2n) is 3.59. The van der Waals surface area contributed by atoms with Crippen molar-refractivity contribution in [1.82, 2.24) is 4.90 Å². The Bertz CT molecular complexity index is 483. The average molecular weight is 251 g/mol. The Morgan fingerprint density at radius 2 is 1.78 bits per heavy atom. The van der Waals surface area contributed by atoms with E-state index in [1.807, 2.05) is 0 Å². The summed E-state index contributed by atoms with van der Waals surface area (Å²) in [5, 5.41) is 8.96. The van der Waals surface area contributed by atoms with Gasteiger partial charge in [-0.1, -0.05) is 12.1 Å². The van der Waals surface area contributed by atoms with Gasteiger partial charge in [0.2, 0.25) is 0 Å². The SMILES string of the molecule is COC(=O)CN(C)C(=O)c1ccccc1C(=O)O. The highest BCUT2D eigenvalue weighted by Crippen LogP contribution is 2.11. The minimum absolute atomic E-state index is 0.0383. The first-order valence-electron chi connectivity index (χ1n) is 5.12. The number of aromatic carboxylic acids is 1. The highest BCUT2D eigenvalue weighted by atomic mass is 16.5. The van der Waals surface area contributed by atoms with Crippen LogP contribution in [0.4, 0.5) is 0 Å². The fourth-order valence-electron chi connectivity index (χ4n) is 1.39. The highest BCUT2D eigenvalue weighted by molar-refractivity contribution is 6.05. The molecule has 0 unspecified atom stereocenters. The second-order valence-corrected chi connectivity index (χ2v) is 3.59. The predicted octanol–water partition coefficient (Wildman–Crippen LogP) is 0.630. The van der Waals surface area contributed by atoms with Gasteiger partial charge in [0.25, 0.3) is 5.91 Å². The van der Waals surface area contributed by atoms with E-state index in [2.05, 4.69) is 4.74 Å². The Morgan fingerprint density at radius 1 is 1.22 bits per heavy atom. The zero-order valence-electron chi connectivity index (χ0n) is 10.0. The van der Waals surface area contributed by atoms with Gasteiger partial charge < -0.3 is 14.7 Å². The number of esters is 1. The molecule has 1 N–H and O–H groups in total. The van der Waals surface area contributed by atoms with Gasteiger partial charge in [-0.3, -0.25) is 9.59 Å². The minimum atomic E-state index is -1.19. The van der Waals surface area contributed by atoms with Gasteiger partial charge in [0.1, 0.15) is 6.54 Å². The molecule has 0 aliphatic heterocycles. The van der Waals surface area contributed by atoms with E-state index in [4.69, 9.17) is 5.11 Å². The number of nitrogens with zero attached hydrogens (tertiary/aromatic N) is 1. The van der Waals surface area contributed by atoms with Crippen LogP contribution in [0.25, 0.3) is 0 Å². The number of methoxy groups -OCH3 is 1. The number of ether oxygens (including phenoxy) is 1. The van der Waals surface area contributed by atoms with Crippen LogP contribution in [0.5, 0.6) is 0 Å². The molecule has 1 aromatic rings. The van der Waals surface area contributed by atoms with E-state index < -0.39 is 17.8 Å². The van der Waals surface area contributed by atoms with Gasteiger partial charge in [-0.05, 0) is 12.1 Å². The second kappa shape index (κ2) is 5.81. The quantitative estimate of drug-likeness (QED) is 0.793. The lowest BCUT2D eigenvalue weighted by Crippen LogP contribution is -2.33. The van der Waals surface area contributed by atoms with Crippen LogP contribution in [-0.2, 0) is 9.53 Å². The molecule has 96 valence electrons. The first-order chi connectivity index (χ1) is 8.47. The number of amides is 1. The molecular formula is C12H13NO5. The lowest BCUT2D eigenvalue weighted by Gasteiger charge is -2.16. The van der Waals surface area contributed by atoms with Crippen molar-refractivity contribution in [2.75, 3.05) is 20.7 Å². The average Bonchev–Trinajstić information content (AvgIpc) is 2.37. The van der Waals surface area contributed by atoms with Crippen LogP contribution < -0.4 is 0 Å². The number of carboxylic acid groups (broad SMARTS) is 1. The van der Waals surface area contributed by atoms with Crippen LogP contribution in [0.15, 0.2) is 24.3 Å². The first-order valence-corrected chi connectivity index (χ1v) is 5.12. The van der Waals surface area contributed by atoms with Gasteiger partial charge >= 0.3 is 11.9 Å². The van der Waals surface area contributed by atoms with Gasteiger partial charge in [-0.2, -0.15) is 0 Å². The summed E-state index contributed by atoms with van der Waals surface area (Å²) >= 11 is 0. The predicted molar refractivity (Wildman–Crippen MR) is 62.4 cm³/mol. The molecule has 0 spiro atoms. The molecule has 0 heterocycles. The van der Waals surface area contributed by atoms with E-state index in [1.165, 1.54) is 32.4 Å². The highest BCUT2D eigenvalue weighted by Gasteiger charge is 2.20. The molecule has 0 saturated carbocycles. The zero-order chi connectivity index (χ0) is 13.7. The van der Waals surface area contributed by atoms with Gasteiger partial charge in [-0.15, -0.1) is 0 Å². The zero-order valence-corrected chi connectivity index (χ0v) is 10.0. The fourth-order valence-corrected chi connectivity index (χ4v) is 1.39. The monoisotopic (exact) mass is 251 g/mol. The molecule has 0 aliphatic carbocycles. The van der Waals surface area contributed by atoms with Crippen molar-refractivity contribution in [3.05, 3.63) is 35.4 Å². The third-order valence-corrected chi connectivity index (χ3v) is 2.33. The molecule has 0 aromatic heterocycles. The number of hydrogen-bond acceptors (Lipinski definition) is 4. The van der Waals surface area contributed by atoms with Crippen LogP contribution in [0.2, 0.25) is 0 Å². The molecule has 0 fully saturated rings. The van der Waals surface area contributed by atoms with Crippen molar-refractivity contribution in [1.29, 1.82) is 0 Å². The number of rotatable bonds is 4. The summed E-state index contributed by atoms with van der Waals surface area (Å²) in [6, 6.07) is 5.83. The van der Waals surface area contributed by atoms with E-state index in [-0.39, 0.29) is 17.7 Å². The molecule has 0 radical (unpaired) electrons. The van der Waals surface area contributed by atoms with Crippen LogP contribution in [0.1, 0.15) is 20.7 Å². The molecule has 6 nitrogen and oxygen atoms in total. The largest absolute Gasteiger partial charge is 0.478 e. The molecule has 1 aromatic carbocycles. The maximum atomic E-state index is 12.0. The minimum Gasteiger partial charge on any atom is -0.478 e. The van der Waals surface area contributed by atoms with E-state index in [0.717, 1.165) is 4.90 Å². The van der Waals surface area contributed by atoms with Crippen molar-refractivity contribution in [2.45, 2.75) is 0 Å². The van der Waals surface area contributed by atoms with E-state index >= 15 is 0 Å². The summed E-state index contributed by atoms with van der Waals surface area (Å²) < 4.78 is 4.44. The Labute approximate surface area is 104 Å². The summed E-state index contributed by atoms with van der Waals surface area (Å²) in [7, 11) is 2.61. The first kappa shape index (κ1) is 13.7. The normalized spacial score (nSPS) is 9.67. The molecule has 18 heavy (non-hydrogen) atoms. The summed E-state index contributed by atoms with van der Waals surface area (Å²) in [6.45, 7) is -0.233. The lowest BCUT2D eigenvalue weighted by molar-refractivity contribution is -0.141. The molecular weight excluding hydrogens is 238 g/mol. The number of benzene rings is 1. The van der Waals surface area contributed by atoms with E-state index in [0.29, 0.717) is 0 Å². The molecule has 0 bridgehead atoms. The van der Waals surface area contributed by atoms with Crippen molar-refractivity contribution in [3.63, 3.8) is 0 Å². The Balaban J connectivity index is 2.97. The maximum absolute atomic E-state index is 12.0. The van der Waals surface area contributed by atoms with Crippen molar-refractivity contribution >= 4 is 17.8 Å². The number of likely N-dealkylation sites (N-methyl/N-ethyl adjacent to an activating group) is 1. The summed E-state index contributed by atoms with van der Waals surface area (Å²) in [6.07, 6.45) is 0. The third kappa shape index (κ3) is 3.07. The Morgan fingerprint density at radius 3 is 2.28 bits per heavy atom. The van der Waals surface area contributed by atoms with Gasteiger partial charge in [-0.25, -0.2) is 4.79 Å². The van der Waals surface area contributed by atoms with Crippen LogP contribution in [0, 0.1) is 0 Å². The van der Waals surface area contributed by atoms with Crippen molar-refractivity contribution < 1.29 is 24.2 Å². The van der Waals surface area contributed by atoms with Crippen LogP contribution in [0.3, 0.4) is 0 Å². The van der Waals surface area contributed by atoms with E-state index in [9.17, 15) is 14.4 Å². The lowest BCUT2D eigenvalue weighted by atomic mass is 10.1. The standard InChI is InChI=1S/C12H13NO5/c1-13(7-10(14)18-2)11(15)8-5-3-4-6-9(8)12(16)17/h3-6H,7H2,1-2H3,(H,16,17). The summed E-state index contributed by atoms with van der Waals surface area (Å²) in [5.41, 5.74) is -0.0596. The number of carboxylic acids is 1. The molecule has 0 aliphatic rings. The van der Waals surface area contributed by atoms with Gasteiger partial charge in [0, 0.05) is 7.05 Å². The molecule has 1 amide bonds. The summed E-state index contributed by atoms with van der Waals surface area (Å²) in [4.78, 5) is 35.1. The van der Waals surface area contributed by atoms with Crippen LogP contribution >= 0.6 is 0 Å². The van der Waals surface area contributed by atoms with Gasteiger partial charge in [0.15, 0.2) is 0 Å². The summed E-state index contributed by atoms with van der Waals surface area (Å²) in [5.74, 6) is -2.30. The molecule has 6 heteroatoms.